The quantitative estimate of drug-likeness (QED) is 0.410. The highest BCUT2D eigenvalue weighted by Gasteiger charge is 2.26. The van der Waals surface area contributed by atoms with Crippen LogP contribution in [0.1, 0.15) is 24.0 Å². The first kappa shape index (κ1) is 21.7. The fourth-order valence-electron chi connectivity index (χ4n) is 4.74. The molecule has 0 amide bonds. The summed E-state index contributed by atoms with van der Waals surface area (Å²) >= 11 is 6.08. The number of hydrogen-bond donors (Lipinski definition) is 2. The van der Waals surface area contributed by atoms with Crippen molar-refractivity contribution in [2.75, 3.05) is 30.3 Å². The summed E-state index contributed by atoms with van der Waals surface area (Å²) in [6, 6.07) is 24.1. The standard InChI is InChI=1S/C26H29ClN6/c27-23-9-6-19(7-10-23)11-14-33(18-20-5-8-21-3-1-2-4-22(21)17-20)24-12-15-32(16-13-24)26-29-25(28)30-31-26/h1-10,17,24H,11-16,18H2,(H3,28,29,30,31). The second-order valence-electron chi connectivity index (χ2n) is 8.76. The van der Waals surface area contributed by atoms with Crippen LogP contribution in [0.5, 0.6) is 0 Å². The lowest BCUT2D eigenvalue weighted by Gasteiger charge is -2.38. The Hall–Kier alpha value is -3.09. The number of fused-ring (bicyclic) bond motifs is 1. The highest BCUT2D eigenvalue weighted by atomic mass is 35.5. The van der Waals surface area contributed by atoms with Crippen molar-refractivity contribution in [1.82, 2.24) is 20.1 Å². The minimum Gasteiger partial charge on any atom is -0.366 e. The van der Waals surface area contributed by atoms with Gasteiger partial charge in [-0.05, 0) is 59.4 Å². The topological polar surface area (TPSA) is 74.1 Å². The summed E-state index contributed by atoms with van der Waals surface area (Å²) in [5.41, 5.74) is 8.37. The molecule has 1 aliphatic rings. The van der Waals surface area contributed by atoms with Crippen LogP contribution >= 0.6 is 11.6 Å². The molecule has 0 atom stereocenters. The lowest BCUT2D eigenvalue weighted by molar-refractivity contribution is 0.162. The van der Waals surface area contributed by atoms with Gasteiger partial charge in [-0.25, -0.2) is 5.10 Å². The number of anilines is 2. The van der Waals surface area contributed by atoms with Crippen LogP contribution in [0.15, 0.2) is 66.7 Å². The molecule has 33 heavy (non-hydrogen) atoms. The van der Waals surface area contributed by atoms with Crippen LogP contribution in [0.4, 0.5) is 11.9 Å². The smallest absolute Gasteiger partial charge is 0.241 e. The number of aromatic nitrogens is 3. The Morgan fingerprint density at radius 3 is 2.42 bits per heavy atom. The number of nitrogen functional groups attached to an aromatic ring is 1. The first-order chi connectivity index (χ1) is 16.1. The van der Waals surface area contributed by atoms with Crippen molar-refractivity contribution in [3.8, 4) is 0 Å². The third kappa shape index (κ3) is 5.29. The molecular formula is C26H29ClN6. The zero-order chi connectivity index (χ0) is 22.6. The number of halogens is 1. The van der Waals surface area contributed by atoms with Crippen LogP contribution in [0, 0.1) is 0 Å². The van der Waals surface area contributed by atoms with Crippen LogP contribution in [-0.4, -0.2) is 45.8 Å². The highest BCUT2D eigenvalue weighted by molar-refractivity contribution is 6.30. The van der Waals surface area contributed by atoms with Crippen molar-refractivity contribution in [1.29, 1.82) is 0 Å². The van der Waals surface area contributed by atoms with Crippen molar-refractivity contribution in [2.24, 2.45) is 0 Å². The van der Waals surface area contributed by atoms with Crippen molar-refractivity contribution in [3.05, 3.63) is 82.9 Å². The van der Waals surface area contributed by atoms with Crippen LogP contribution < -0.4 is 10.6 Å². The van der Waals surface area contributed by atoms with Gasteiger partial charge in [-0.15, -0.1) is 5.10 Å². The predicted octanol–water partition coefficient (Wildman–Crippen LogP) is 4.91. The van der Waals surface area contributed by atoms with E-state index in [0.717, 1.165) is 56.4 Å². The summed E-state index contributed by atoms with van der Waals surface area (Å²) < 4.78 is 0. The summed E-state index contributed by atoms with van der Waals surface area (Å²) in [6.45, 7) is 3.83. The van der Waals surface area contributed by atoms with E-state index in [1.165, 1.54) is 21.9 Å². The van der Waals surface area contributed by atoms with Gasteiger partial charge in [0.05, 0.1) is 0 Å². The van der Waals surface area contributed by atoms with Gasteiger partial charge in [-0.1, -0.05) is 60.1 Å². The number of nitrogens with two attached hydrogens (primary N) is 1. The van der Waals surface area contributed by atoms with Gasteiger partial charge in [0.2, 0.25) is 11.9 Å². The molecule has 0 radical (unpaired) electrons. The Kier molecular flexibility index (Phi) is 6.46. The van der Waals surface area contributed by atoms with Gasteiger partial charge in [-0.3, -0.25) is 4.90 Å². The van der Waals surface area contributed by atoms with E-state index >= 15 is 0 Å². The van der Waals surface area contributed by atoms with Crippen LogP contribution in [0.3, 0.4) is 0 Å². The van der Waals surface area contributed by atoms with Gasteiger partial charge in [0.15, 0.2) is 0 Å². The van der Waals surface area contributed by atoms with Gasteiger partial charge >= 0.3 is 0 Å². The summed E-state index contributed by atoms with van der Waals surface area (Å²) in [5.74, 6) is 1.07. The maximum Gasteiger partial charge on any atom is 0.241 e. The lowest BCUT2D eigenvalue weighted by atomic mass is 10.0. The van der Waals surface area contributed by atoms with Crippen molar-refractivity contribution < 1.29 is 0 Å². The van der Waals surface area contributed by atoms with Crippen LogP contribution in [0.25, 0.3) is 10.8 Å². The van der Waals surface area contributed by atoms with Gasteiger partial charge in [-0.2, -0.15) is 4.98 Å². The average Bonchev–Trinajstić information content (AvgIpc) is 3.29. The fourth-order valence-corrected chi connectivity index (χ4v) is 4.86. The van der Waals surface area contributed by atoms with Crippen molar-refractivity contribution >= 4 is 34.3 Å². The fraction of sp³-hybridized carbons (Fsp3) is 0.308. The van der Waals surface area contributed by atoms with Crippen molar-refractivity contribution in [3.63, 3.8) is 0 Å². The molecule has 170 valence electrons. The number of nitrogens with one attached hydrogen (secondary N) is 1. The van der Waals surface area contributed by atoms with Gasteiger partial charge in [0, 0.05) is 37.2 Å². The molecule has 1 fully saturated rings. The van der Waals surface area contributed by atoms with Gasteiger partial charge in [0.1, 0.15) is 0 Å². The first-order valence-corrected chi connectivity index (χ1v) is 11.9. The molecule has 0 unspecified atom stereocenters. The van der Waals surface area contributed by atoms with E-state index in [9.17, 15) is 0 Å². The molecule has 4 aromatic rings. The number of H-pyrrole nitrogens is 1. The molecule has 5 rings (SSSR count). The monoisotopic (exact) mass is 460 g/mol. The zero-order valence-electron chi connectivity index (χ0n) is 18.6. The lowest BCUT2D eigenvalue weighted by Crippen LogP contribution is -2.45. The van der Waals surface area contributed by atoms with Crippen LogP contribution in [0.2, 0.25) is 5.02 Å². The molecule has 3 N–H and O–H groups in total. The van der Waals surface area contributed by atoms with E-state index in [1.807, 2.05) is 12.1 Å². The average molecular weight is 461 g/mol. The van der Waals surface area contributed by atoms with E-state index in [-0.39, 0.29) is 0 Å². The Bertz CT molecular complexity index is 1200. The Labute approximate surface area is 199 Å². The number of hydrogen-bond acceptors (Lipinski definition) is 5. The van der Waals surface area contributed by atoms with Gasteiger partial charge in [0.25, 0.3) is 0 Å². The Morgan fingerprint density at radius 2 is 1.70 bits per heavy atom. The van der Waals surface area contributed by atoms with Gasteiger partial charge < -0.3 is 10.6 Å². The predicted molar refractivity (Wildman–Crippen MR) is 136 cm³/mol. The first-order valence-electron chi connectivity index (χ1n) is 11.5. The second kappa shape index (κ2) is 9.81. The third-order valence-electron chi connectivity index (χ3n) is 6.57. The van der Waals surface area contributed by atoms with E-state index < -0.39 is 0 Å². The van der Waals surface area contributed by atoms with E-state index in [4.69, 9.17) is 17.3 Å². The molecule has 6 nitrogen and oxygen atoms in total. The van der Waals surface area contributed by atoms with E-state index in [2.05, 4.69) is 79.6 Å². The summed E-state index contributed by atoms with van der Waals surface area (Å²) in [4.78, 5) is 9.18. The molecule has 1 aromatic heterocycles. The minimum atomic E-state index is 0.299. The number of nitrogens with zero attached hydrogens (tertiary/aromatic N) is 4. The normalized spacial score (nSPS) is 14.9. The van der Waals surface area contributed by atoms with E-state index in [0.29, 0.717) is 12.0 Å². The summed E-state index contributed by atoms with van der Waals surface area (Å²) in [6.07, 6.45) is 3.16. The number of piperidine rings is 1. The van der Waals surface area contributed by atoms with Crippen molar-refractivity contribution in [2.45, 2.75) is 31.8 Å². The number of aromatic amines is 1. The van der Waals surface area contributed by atoms with E-state index in [1.54, 1.807) is 0 Å². The number of benzene rings is 3. The molecule has 1 aliphatic heterocycles. The zero-order valence-corrected chi connectivity index (χ0v) is 19.4. The summed E-state index contributed by atoms with van der Waals surface area (Å²) in [5, 5.41) is 10.3. The molecule has 0 aliphatic carbocycles. The molecule has 0 bridgehead atoms. The Balaban J connectivity index is 1.30. The maximum atomic E-state index is 6.08. The number of rotatable bonds is 7. The summed E-state index contributed by atoms with van der Waals surface area (Å²) in [7, 11) is 0. The molecular weight excluding hydrogens is 432 g/mol. The third-order valence-corrected chi connectivity index (χ3v) is 6.82. The molecule has 3 aromatic carbocycles. The molecule has 7 heteroatoms. The largest absolute Gasteiger partial charge is 0.366 e. The van der Waals surface area contributed by atoms with Crippen LogP contribution in [-0.2, 0) is 13.0 Å². The second-order valence-corrected chi connectivity index (χ2v) is 9.20. The molecule has 1 saturated heterocycles. The molecule has 0 spiro atoms. The highest BCUT2D eigenvalue weighted by Crippen LogP contribution is 2.24. The molecule has 0 saturated carbocycles. The molecule has 2 heterocycles. The minimum absolute atomic E-state index is 0.299. The Morgan fingerprint density at radius 1 is 0.970 bits per heavy atom. The maximum absolute atomic E-state index is 6.08. The SMILES string of the molecule is Nc1n[nH]c(N2CCC(N(CCc3ccc(Cl)cc3)Cc3ccc4ccccc4c3)CC2)n1.